The number of benzene rings is 1. The van der Waals surface area contributed by atoms with Crippen molar-refractivity contribution in [3.8, 4) is 5.75 Å². The maximum atomic E-state index is 13.4. The Morgan fingerprint density at radius 1 is 1.16 bits per heavy atom. The topological polar surface area (TPSA) is 85.2 Å². The second-order valence-electron chi connectivity index (χ2n) is 10.5. The highest BCUT2D eigenvalue weighted by Gasteiger charge is 2.36. The summed E-state index contributed by atoms with van der Waals surface area (Å²) in [6, 6.07) is 5.35. The summed E-state index contributed by atoms with van der Waals surface area (Å²) in [6.07, 6.45) is 8.24. The third-order valence-electron chi connectivity index (χ3n) is 6.66. The lowest BCUT2D eigenvalue weighted by Gasteiger charge is -2.30. The van der Waals surface area contributed by atoms with Crippen LogP contribution >= 0.6 is 0 Å². The van der Waals surface area contributed by atoms with Crippen LogP contribution < -0.4 is 15.4 Å². The third kappa shape index (κ3) is 5.08. The molecule has 2 fully saturated rings. The molecule has 32 heavy (non-hydrogen) atoms. The first-order chi connectivity index (χ1) is 15.3. The molecule has 0 aliphatic heterocycles. The van der Waals surface area contributed by atoms with Crippen LogP contribution in [0.2, 0.25) is 0 Å². The second kappa shape index (κ2) is 9.12. The van der Waals surface area contributed by atoms with Crippen LogP contribution in [0.25, 0.3) is 10.9 Å². The minimum atomic E-state index is -0.639. The van der Waals surface area contributed by atoms with Crippen LogP contribution in [0.4, 0.5) is 0 Å². The molecule has 0 radical (unpaired) electrons. The zero-order valence-corrected chi connectivity index (χ0v) is 19.7. The Kier molecular flexibility index (Phi) is 6.45. The molecule has 1 aromatic carbocycles. The Morgan fingerprint density at radius 2 is 1.88 bits per heavy atom. The molecule has 7 nitrogen and oxygen atoms in total. The van der Waals surface area contributed by atoms with E-state index in [0.29, 0.717) is 17.4 Å². The lowest BCUT2D eigenvalue weighted by atomic mass is 9.86. The predicted molar refractivity (Wildman–Crippen MR) is 125 cm³/mol. The fourth-order valence-corrected chi connectivity index (χ4v) is 4.59. The van der Waals surface area contributed by atoms with E-state index >= 15 is 0 Å². The highest BCUT2D eigenvalue weighted by molar-refractivity contribution is 6.06. The van der Waals surface area contributed by atoms with Crippen molar-refractivity contribution in [3.63, 3.8) is 0 Å². The van der Waals surface area contributed by atoms with Crippen LogP contribution in [0, 0.1) is 11.3 Å². The monoisotopic (exact) mass is 440 g/mol. The number of aromatic nitrogens is 2. The van der Waals surface area contributed by atoms with Gasteiger partial charge in [-0.15, -0.1) is 0 Å². The fourth-order valence-electron chi connectivity index (χ4n) is 4.59. The maximum absolute atomic E-state index is 13.4. The molecule has 2 amide bonds. The first kappa shape index (κ1) is 22.6. The van der Waals surface area contributed by atoms with E-state index in [2.05, 4.69) is 10.6 Å². The molecule has 1 heterocycles. The summed E-state index contributed by atoms with van der Waals surface area (Å²) in [5, 5.41) is 11.5. The van der Waals surface area contributed by atoms with Crippen LogP contribution in [0.1, 0.15) is 76.2 Å². The molecule has 1 atom stereocenters. The molecule has 174 valence electrons. The molecule has 0 spiro atoms. The van der Waals surface area contributed by atoms with E-state index in [9.17, 15) is 9.59 Å². The van der Waals surface area contributed by atoms with E-state index in [-0.39, 0.29) is 17.9 Å². The Labute approximate surface area is 190 Å². The van der Waals surface area contributed by atoms with Crippen molar-refractivity contribution in [1.82, 2.24) is 20.4 Å². The average molecular weight is 441 g/mol. The average Bonchev–Trinajstić information content (AvgIpc) is 3.51. The number of ether oxygens (including phenoxy) is 1. The molecule has 0 saturated heterocycles. The standard InChI is InChI=1S/C25H36N4O3/c1-25(2,3)22(24(31)26-17-10-11-17)27-23(30)21-19-14-18(32-4)12-13-20(19)29(28-21)15-16-8-6-5-7-9-16/h12-14,16-17,22H,5-11,15H2,1-4H3,(H,26,31)(H,27,30). The van der Waals surface area contributed by atoms with Gasteiger partial charge >= 0.3 is 0 Å². The Bertz CT molecular complexity index is 981. The molecule has 1 aromatic heterocycles. The van der Waals surface area contributed by atoms with Gasteiger partial charge in [0.05, 0.1) is 12.6 Å². The lowest BCUT2D eigenvalue weighted by molar-refractivity contribution is -0.125. The molecular weight excluding hydrogens is 404 g/mol. The molecule has 7 heteroatoms. The molecular formula is C25H36N4O3. The van der Waals surface area contributed by atoms with E-state index in [0.717, 1.165) is 30.3 Å². The molecule has 0 bridgehead atoms. The van der Waals surface area contributed by atoms with Gasteiger partial charge < -0.3 is 15.4 Å². The SMILES string of the molecule is COc1ccc2c(c1)c(C(=O)NC(C(=O)NC1CC1)C(C)(C)C)nn2CC1CCCCC1. The number of amides is 2. The zero-order chi connectivity index (χ0) is 22.9. The fraction of sp³-hybridized carbons (Fsp3) is 0.640. The van der Waals surface area contributed by atoms with Gasteiger partial charge in [-0.2, -0.15) is 5.10 Å². The lowest BCUT2D eigenvalue weighted by Crippen LogP contribution is -2.54. The van der Waals surface area contributed by atoms with E-state index < -0.39 is 11.5 Å². The first-order valence-corrected chi connectivity index (χ1v) is 11.9. The van der Waals surface area contributed by atoms with Crippen molar-refractivity contribution in [2.24, 2.45) is 11.3 Å². The van der Waals surface area contributed by atoms with E-state index in [4.69, 9.17) is 9.84 Å². The number of fused-ring (bicyclic) bond motifs is 1. The molecule has 1 unspecified atom stereocenters. The summed E-state index contributed by atoms with van der Waals surface area (Å²) in [5.74, 6) is 0.813. The molecule has 2 N–H and O–H groups in total. The summed E-state index contributed by atoms with van der Waals surface area (Å²) >= 11 is 0. The maximum Gasteiger partial charge on any atom is 0.273 e. The molecule has 2 aromatic rings. The van der Waals surface area contributed by atoms with Gasteiger partial charge in [-0.1, -0.05) is 40.0 Å². The highest BCUT2D eigenvalue weighted by Crippen LogP contribution is 2.30. The van der Waals surface area contributed by atoms with Gasteiger partial charge in [-0.25, -0.2) is 0 Å². The summed E-state index contributed by atoms with van der Waals surface area (Å²) in [6.45, 7) is 6.70. The third-order valence-corrected chi connectivity index (χ3v) is 6.66. The Hall–Kier alpha value is -2.57. The van der Waals surface area contributed by atoms with Gasteiger partial charge in [0, 0.05) is 18.0 Å². The molecule has 4 rings (SSSR count). The smallest absolute Gasteiger partial charge is 0.273 e. The number of hydrogen-bond acceptors (Lipinski definition) is 4. The number of nitrogens with zero attached hydrogens (tertiary/aromatic N) is 2. The van der Waals surface area contributed by atoms with Crippen LogP contribution in [0.5, 0.6) is 5.75 Å². The van der Waals surface area contributed by atoms with Gasteiger partial charge in [0.25, 0.3) is 5.91 Å². The van der Waals surface area contributed by atoms with E-state index in [1.165, 1.54) is 32.1 Å². The highest BCUT2D eigenvalue weighted by atomic mass is 16.5. The minimum absolute atomic E-state index is 0.128. The number of rotatable bonds is 7. The normalized spacial score (nSPS) is 18.4. The van der Waals surface area contributed by atoms with E-state index in [1.807, 2.05) is 43.7 Å². The number of carbonyl (C=O) groups excluding carboxylic acids is 2. The number of carbonyl (C=O) groups is 2. The van der Waals surface area contributed by atoms with Crippen molar-refractivity contribution >= 4 is 22.7 Å². The van der Waals surface area contributed by atoms with Gasteiger partial charge in [0.2, 0.25) is 5.91 Å². The van der Waals surface area contributed by atoms with Crippen molar-refractivity contribution < 1.29 is 14.3 Å². The quantitative estimate of drug-likeness (QED) is 0.680. The summed E-state index contributed by atoms with van der Waals surface area (Å²) in [4.78, 5) is 26.3. The molecule has 2 saturated carbocycles. The number of hydrogen-bond donors (Lipinski definition) is 2. The Balaban J connectivity index is 1.63. The Morgan fingerprint density at radius 3 is 2.50 bits per heavy atom. The largest absolute Gasteiger partial charge is 0.497 e. The summed E-state index contributed by atoms with van der Waals surface area (Å²) < 4.78 is 7.38. The van der Waals surface area contributed by atoms with Gasteiger partial charge in [0.1, 0.15) is 11.8 Å². The van der Waals surface area contributed by atoms with Gasteiger partial charge in [-0.3, -0.25) is 14.3 Å². The minimum Gasteiger partial charge on any atom is -0.497 e. The number of methoxy groups -OCH3 is 1. The van der Waals surface area contributed by atoms with E-state index in [1.54, 1.807) is 7.11 Å². The van der Waals surface area contributed by atoms with Crippen molar-refractivity contribution in [1.29, 1.82) is 0 Å². The summed E-state index contributed by atoms with van der Waals surface area (Å²) in [7, 11) is 1.62. The zero-order valence-electron chi connectivity index (χ0n) is 19.7. The van der Waals surface area contributed by atoms with Crippen molar-refractivity contribution in [2.45, 2.75) is 84.3 Å². The summed E-state index contributed by atoms with van der Waals surface area (Å²) in [5.41, 5.74) is 0.853. The van der Waals surface area contributed by atoms with Crippen LogP contribution in [-0.2, 0) is 11.3 Å². The van der Waals surface area contributed by atoms with Crippen LogP contribution in [-0.4, -0.2) is 40.8 Å². The van der Waals surface area contributed by atoms with Gasteiger partial charge in [0.15, 0.2) is 5.69 Å². The van der Waals surface area contributed by atoms with Crippen molar-refractivity contribution in [2.75, 3.05) is 7.11 Å². The van der Waals surface area contributed by atoms with Gasteiger partial charge in [-0.05, 0) is 55.2 Å². The van der Waals surface area contributed by atoms with Crippen molar-refractivity contribution in [3.05, 3.63) is 23.9 Å². The predicted octanol–water partition coefficient (Wildman–Crippen LogP) is 4.05. The second-order valence-corrected chi connectivity index (χ2v) is 10.5. The molecule has 2 aliphatic rings. The van der Waals surface area contributed by atoms with Crippen LogP contribution in [0.15, 0.2) is 18.2 Å². The molecule has 2 aliphatic carbocycles. The van der Waals surface area contributed by atoms with Crippen LogP contribution in [0.3, 0.4) is 0 Å². The first-order valence-electron chi connectivity index (χ1n) is 11.9. The number of nitrogens with one attached hydrogen (secondary N) is 2.